The van der Waals surface area contributed by atoms with Crippen LogP contribution >= 0.6 is 11.6 Å². The summed E-state index contributed by atoms with van der Waals surface area (Å²) in [6.07, 6.45) is 5.84. The topological polar surface area (TPSA) is 53.1 Å². The van der Waals surface area contributed by atoms with Gasteiger partial charge in [-0.05, 0) is 86.8 Å². The van der Waals surface area contributed by atoms with Crippen molar-refractivity contribution in [2.24, 2.45) is 0 Å². The van der Waals surface area contributed by atoms with Gasteiger partial charge in [0.15, 0.2) is 0 Å². The number of benzene rings is 1. The van der Waals surface area contributed by atoms with Crippen LogP contribution in [-0.2, 0) is 17.6 Å². The molecule has 1 aliphatic rings. The van der Waals surface area contributed by atoms with E-state index in [2.05, 4.69) is 57.5 Å². The maximum atomic E-state index is 8.36. The first kappa shape index (κ1) is 22.0. The van der Waals surface area contributed by atoms with E-state index in [9.17, 15) is 0 Å². The highest BCUT2D eigenvalue weighted by Crippen LogP contribution is 2.39. The molecule has 0 radical (unpaired) electrons. The molecule has 0 unspecified atom stereocenters. The van der Waals surface area contributed by atoms with Crippen LogP contribution in [0.25, 0.3) is 5.57 Å². The molecule has 0 saturated heterocycles. The normalized spacial score (nSPS) is 13.8. The molecular weight excluding hydrogens is 370 g/mol. The van der Waals surface area contributed by atoms with Crippen LogP contribution in [0.2, 0.25) is 5.02 Å². The first-order valence-electron chi connectivity index (χ1n) is 9.79. The summed E-state index contributed by atoms with van der Waals surface area (Å²) in [6.45, 7) is 12.6. The molecule has 3 nitrogen and oxygen atoms in total. The number of carbonyl (C=O) groups is 1. The van der Waals surface area contributed by atoms with Gasteiger partial charge in [0, 0.05) is 22.0 Å². The summed E-state index contributed by atoms with van der Waals surface area (Å²) in [5.74, 6) is 0. The highest BCUT2D eigenvalue weighted by molar-refractivity contribution is 6.31. The molecule has 2 aromatic rings. The highest BCUT2D eigenvalue weighted by Gasteiger charge is 2.24. The van der Waals surface area contributed by atoms with Gasteiger partial charge < -0.3 is 10.1 Å². The van der Waals surface area contributed by atoms with Crippen LogP contribution in [0.3, 0.4) is 0 Å². The second-order valence-corrected chi connectivity index (χ2v) is 7.75. The number of allylic oxidation sites excluding steroid dienone is 2. The molecule has 0 saturated carbocycles. The van der Waals surface area contributed by atoms with Gasteiger partial charge in [0.05, 0.1) is 0 Å². The predicted molar refractivity (Wildman–Crippen MR) is 118 cm³/mol. The number of rotatable bonds is 4. The zero-order valence-corrected chi connectivity index (χ0v) is 18.0. The molecule has 28 heavy (non-hydrogen) atoms. The standard InChI is InChI=1S/C23H28ClN.CH2O2/c1-6-18(14(2)3)23(17-12-11-15(4)20(24)13-17)22-16(5)25-21-10-8-7-9-19(21)22;2-1-3/h11-13,25H,2,6-10H2,1,3-5H3;1H,(H,2,3)/b23-18-;. The Balaban J connectivity index is 0.000000878. The fraction of sp³-hybridized carbons (Fsp3) is 0.375. The third kappa shape index (κ3) is 4.59. The van der Waals surface area contributed by atoms with E-state index in [1.807, 2.05) is 0 Å². The third-order valence-corrected chi connectivity index (χ3v) is 5.77. The van der Waals surface area contributed by atoms with Gasteiger partial charge >= 0.3 is 0 Å². The van der Waals surface area contributed by atoms with Crippen molar-refractivity contribution in [1.82, 2.24) is 4.98 Å². The van der Waals surface area contributed by atoms with E-state index in [4.69, 9.17) is 21.5 Å². The quantitative estimate of drug-likeness (QED) is 0.446. The third-order valence-electron chi connectivity index (χ3n) is 5.36. The van der Waals surface area contributed by atoms with Crippen LogP contribution in [0, 0.1) is 13.8 Å². The number of nitrogens with one attached hydrogen (secondary N) is 1. The average molecular weight is 400 g/mol. The molecule has 1 aliphatic carbocycles. The monoisotopic (exact) mass is 399 g/mol. The fourth-order valence-electron chi connectivity index (χ4n) is 4.08. The minimum Gasteiger partial charge on any atom is -0.483 e. The van der Waals surface area contributed by atoms with Crippen molar-refractivity contribution in [3.05, 3.63) is 74.6 Å². The van der Waals surface area contributed by atoms with Gasteiger partial charge in [-0.3, -0.25) is 4.79 Å². The molecular formula is C24H30ClNO2. The molecule has 0 amide bonds. The number of halogens is 1. The van der Waals surface area contributed by atoms with Crippen molar-refractivity contribution in [2.75, 3.05) is 0 Å². The van der Waals surface area contributed by atoms with Crippen molar-refractivity contribution in [1.29, 1.82) is 0 Å². The number of carboxylic acid groups (broad SMARTS) is 1. The molecule has 150 valence electrons. The van der Waals surface area contributed by atoms with Crippen LogP contribution in [0.15, 0.2) is 35.9 Å². The largest absolute Gasteiger partial charge is 0.483 e. The maximum absolute atomic E-state index is 8.36. The molecule has 3 rings (SSSR count). The lowest BCUT2D eigenvalue weighted by Gasteiger charge is -2.20. The van der Waals surface area contributed by atoms with E-state index in [1.165, 1.54) is 52.1 Å². The Labute approximate surface area is 173 Å². The van der Waals surface area contributed by atoms with E-state index < -0.39 is 0 Å². The molecule has 1 aromatic carbocycles. The Kier molecular flexibility index (Phi) is 7.70. The zero-order valence-electron chi connectivity index (χ0n) is 17.3. The molecule has 1 heterocycles. The molecule has 0 aliphatic heterocycles. The molecule has 4 heteroatoms. The summed E-state index contributed by atoms with van der Waals surface area (Å²) >= 11 is 6.48. The van der Waals surface area contributed by atoms with E-state index in [-0.39, 0.29) is 6.47 Å². The number of aromatic nitrogens is 1. The van der Waals surface area contributed by atoms with Crippen molar-refractivity contribution in [3.63, 3.8) is 0 Å². The van der Waals surface area contributed by atoms with Gasteiger partial charge in [0.25, 0.3) is 6.47 Å². The summed E-state index contributed by atoms with van der Waals surface area (Å²) in [5, 5.41) is 7.72. The Hall–Kier alpha value is -2.26. The van der Waals surface area contributed by atoms with Gasteiger partial charge in [0.1, 0.15) is 0 Å². The second kappa shape index (κ2) is 9.79. The van der Waals surface area contributed by atoms with E-state index >= 15 is 0 Å². The van der Waals surface area contributed by atoms with E-state index in [0.29, 0.717) is 0 Å². The van der Waals surface area contributed by atoms with E-state index in [0.717, 1.165) is 35.4 Å². The molecule has 0 atom stereocenters. The number of fused-ring (bicyclic) bond motifs is 1. The Morgan fingerprint density at radius 3 is 2.50 bits per heavy atom. The van der Waals surface area contributed by atoms with Crippen LogP contribution in [0.1, 0.15) is 66.8 Å². The Bertz CT molecular complexity index is 906. The summed E-state index contributed by atoms with van der Waals surface area (Å²) in [6, 6.07) is 6.45. The summed E-state index contributed by atoms with van der Waals surface area (Å²) in [5.41, 5.74) is 11.7. The van der Waals surface area contributed by atoms with Crippen molar-refractivity contribution < 1.29 is 9.90 Å². The van der Waals surface area contributed by atoms with Crippen molar-refractivity contribution in [2.45, 2.75) is 59.8 Å². The SMILES string of the molecule is C=C(C)/C(CC)=C(/c1ccc(C)c(Cl)c1)c1c(C)[nH]c2c1CCCC2.O=CO. The first-order valence-corrected chi connectivity index (χ1v) is 10.2. The average Bonchev–Trinajstić information content (AvgIpc) is 2.98. The van der Waals surface area contributed by atoms with Crippen LogP contribution in [0.5, 0.6) is 0 Å². The number of H-pyrrole nitrogens is 1. The van der Waals surface area contributed by atoms with Crippen LogP contribution in [0.4, 0.5) is 0 Å². The van der Waals surface area contributed by atoms with Crippen molar-refractivity contribution >= 4 is 23.6 Å². The van der Waals surface area contributed by atoms with Crippen molar-refractivity contribution in [3.8, 4) is 0 Å². The lowest BCUT2D eigenvalue weighted by molar-refractivity contribution is -0.122. The van der Waals surface area contributed by atoms with Gasteiger partial charge in [-0.25, -0.2) is 0 Å². The smallest absolute Gasteiger partial charge is 0.290 e. The Morgan fingerprint density at radius 1 is 1.29 bits per heavy atom. The van der Waals surface area contributed by atoms with Gasteiger partial charge in [0.2, 0.25) is 0 Å². The minimum atomic E-state index is -0.250. The number of aryl methyl sites for hydroxylation is 3. The predicted octanol–water partition coefficient (Wildman–Crippen LogP) is 6.65. The van der Waals surface area contributed by atoms with Gasteiger partial charge in [-0.1, -0.05) is 42.8 Å². The summed E-state index contributed by atoms with van der Waals surface area (Å²) < 4.78 is 0. The highest BCUT2D eigenvalue weighted by atomic mass is 35.5. The molecule has 0 spiro atoms. The molecule has 2 N–H and O–H groups in total. The van der Waals surface area contributed by atoms with E-state index in [1.54, 1.807) is 0 Å². The number of hydrogen-bond donors (Lipinski definition) is 2. The first-order chi connectivity index (χ1) is 13.3. The van der Waals surface area contributed by atoms with Crippen LogP contribution < -0.4 is 0 Å². The van der Waals surface area contributed by atoms with Gasteiger partial charge in [-0.15, -0.1) is 0 Å². The fourth-order valence-corrected chi connectivity index (χ4v) is 4.26. The second-order valence-electron chi connectivity index (χ2n) is 7.35. The number of aromatic amines is 1. The zero-order chi connectivity index (χ0) is 20.8. The summed E-state index contributed by atoms with van der Waals surface area (Å²) in [7, 11) is 0. The molecule has 0 bridgehead atoms. The van der Waals surface area contributed by atoms with Gasteiger partial charge in [-0.2, -0.15) is 0 Å². The lowest BCUT2D eigenvalue weighted by atomic mass is 9.84. The molecule has 1 aromatic heterocycles. The minimum absolute atomic E-state index is 0.250. The molecule has 0 fully saturated rings. The maximum Gasteiger partial charge on any atom is 0.290 e. The van der Waals surface area contributed by atoms with Crippen LogP contribution in [-0.4, -0.2) is 16.6 Å². The Morgan fingerprint density at radius 2 is 1.93 bits per heavy atom. The summed E-state index contributed by atoms with van der Waals surface area (Å²) in [4.78, 5) is 12.0. The number of hydrogen-bond acceptors (Lipinski definition) is 1. The lowest BCUT2D eigenvalue weighted by Crippen LogP contribution is -2.04.